The van der Waals surface area contributed by atoms with E-state index in [1.807, 2.05) is 18.2 Å². The molecule has 132 valence electrons. The maximum atomic E-state index is 12.3. The van der Waals surface area contributed by atoms with Gasteiger partial charge >= 0.3 is 0 Å². The first-order valence-corrected chi connectivity index (χ1v) is 9.34. The molecule has 0 fully saturated rings. The fourth-order valence-electron chi connectivity index (χ4n) is 2.18. The molecule has 0 aromatic heterocycles. The summed E-state index contributed by atoms with van der Waals surface area (Å²) in [4.78, 5) is 13.4. The average molecular weight is 383 g/mol. The molecule has 25 heavy (non-hydrogen) atoms. The van der Waals surface area contributed by atoms with Crippen LogP contribution in [0.2, 0.25) is 0 Å². The third kappa shape index (κ3) is 5.27. The highest BCUT2D eigenvalue weighted by atomic mass is 32.2. The van der Waals surface area contributed by atoms with Gasteiger partial charge in [0.2, 0.25) is 5.91 Å². The van der Waals surface area contributed by atoms with Gasteiger partial charge in [0.1, 0.15) is 13.2 Å². The van der Waals surface area contributed by atoms with E-state index in [0.29, 0.717) is 47.1 Å². The first-order valence-electron chi connectivity index (χ1n) is 7.47. The number of amides is 1. The van der Waals surface area contributed by atoms with Crippen LogP contribution in [0, 0.1) is 0 Å². The van der Waals surface area contributed by atoms with Gasteiger partial charge < -0.3 is 14.8 Å². The molecule has 1 amide bonds. The van der Waals surface area contributed by atoms with E-state index >= 15 is 0 Å². The molecule has 2 aromatic carbocycles. The Morgan fingerprint density at radius 3 is 2.44 bits per heavy atom. The summed E-state index contributed by atoms with van der Waals surface area (Å²) in [5.74, 6) is -1.00. The number of halogens is 2. The average Bonchev–Trinajstić information content (AvgIpc) is 2.61. The second-order valence-electron chi connectivity index (χ2n) is 5.05. The van der Waals surface area contributed by atoms with Crippen molar-refractivity contribution in [2.75, 3.05) is 24.3 Å². The highest BCUT2D eigenvalue weighted by molar-refractivity contribution is 8.00. The number of hydrogen-bond donors (Lipinski definition) is 1. The predicted octanol–water partition coefficient (Wildman–Crippen LogP) is 4.50. The monoisotopic (exact) mass is 383 g/mol. The van der Waals surface area contributed by atoms with Crippen LogP contribution in [-0.4, -0.2) is 30.6 Å². The molecule has 0 radical (unpaired) electrons. The van der Waals surface area contributed by atoms with Crippen LogP contribution >= 0.6 is 23.5 Å². The molecule has 0 atom stereocenters. The number of alkyl halides is 2. The second kappa shape index (κ2) is 8.44. The molecule has 1 aliphatic rings. The van der Waals surface area contributed by atoms with Gasteiger partial charge in [-0.3, -0.25) is 4.79 Å². The zero-order valence-electron chi connectivity index (χ0n) is 13.0. The van der Waals surface area contributed by atoms with E-state index in [2.05, 4.69) is 5.32 Å². The number of thioether (sulfide) groups is 2. The summed E-state index contributed by atoms with van der Waals surface area (Å²) in [7, 11) is 0. The number of rotatable bonds is 6. The van der Waals surface area contributed by atoms with Crippen LogP contribution in [0.1, 0.15) is 0 Å². The molecule has 1 heterocycles. The lowest BCUT2D eigenvalue weighted by Crippen LogP contribution is -2.15. The summed E-state index contributed by atoms with van der Waals surface area (Å²) >= 11 is 1.85. The second-order valence-corrected chi connectivity index (χ2v) is 7.16. The summed E-state index contributed by atoms with van der Waals surface area (Å²) in [6, 6.07) is 11.9. The Morgan fingerprint density at radius 1 is 1.04 bits per heavy atom. The number of carbonyl (C=O) groups excluding carboxylic acids is 1. The number of ether oxygens (including phenoxy) is 2. The van der Waals surface area contributed by atoms with Crippen LogP contribution in [0.25, 0.3) is 0 Å². The number of fused-ring (bicyclic) bond motifs is 1. The SMILES string of the molecule is O=C(CSc1ccc2c(c1)OCCO2)Nc1ccc(SC(F)F)cc1. The zero-order valence-corrected chi connectivity index (χ0v) is 14.7. The van der Waals surface area contributed by atoms with E-state index in [1.54, 1.807) is 24.3 Å². The van der Waals surface area contributed by atoms with E-state index in [0.717, 1.165) is 4.90 Å². The molecule has 0 unspecified atom stereocenters. The van der Waals surface area contributed by atoms with E-state index in [9.17, 15) is 13.6 Å². The van der Waals surface area contributed by atoms with Gasteiger partial charge in [0, 0.05) is 15.5 Å². The van der Waals surface area contributed by atoms with Crippen LogP contribution < -0.4 is 14.8 Å². The highest BCUT2D eigenvalue weighted by Crippen LogP contribution is 2.34. The van der Waals surface area contributed by atoms with Gasteiger partial charge in [0.15, 0.2) is 11.5 Å². The summed E-state index contributed by atoms with van der Waals surface area (Å²) in [6.07, 6.45) is 0. The van der Waals surface area contributed by atoms with Crippen LogP contribution in [0.15, 0.2) is 52.3 Å². The van der Waals surface area contributed by atoms with Crippen molar-refractivity contribution in [2.45, 2.75) is 15.5 Å². The molecule has 0 saturated carbocycles. The highest BCUT2D eigenvalue weighted by Gasteiger charge is 2.13. The Hall–Kier alpha value is -1.93. The molecule has 0 bridgehead atoms. The Balaban J connectivity index is 1.51. The van der Waals surface area contributed by atoms with Crippen LogP contribution in [0.4, 0.5) is 14.5 Å². The molecule has 0 spiro atoms. The van der Waals surface area contributed by atoms with Gasteiger partial charge in [-0.25, -0.2) is 0 Å². The van der Waals surface area contributed by atoms with Gasteiger partial charge in [-0.05, 0) is 42.5 Å². The van der Waals surface area contributed by atoms with Crippen molar-refractivity contribution < 1.29 is 23.0 Å². The molecule has 2 aromatic rings. The first-order chi connectivity index (χ1) is 12.1. The van der Waals surface area contributed by atoms with Crippen molar-refractivity contribution in [2.24, 2.45) is 0 Å². The third-order valence-corrected chi connectivity index (χ3v) is 4.96. The van der Waals surface area contributed by atoms with Crippen LogP contribution in [0.3, 0.4) is 0 Å². The Bertz CT molecular complexity index is 741. The lowest BCUT2D eigenvalue weighted by atomic mass is 10.3. The van der Waals surface area contributed by atoms with Crippen LogP contribution in [0.5, 0.6) is 11.5 Å². The smallest absolute Gasteiger partial charge is 0.288 e. The van der Waals surface area contributed by atoms with E-state index in [1.165, 1.54) is 11.8 Å². The molecule has 1 N–H and O–H groups in total. The minimum atomic E-state index is -2.46. The van der Waals surface area contributed by atoms with Crippen molar-refractivity contribution in [1.82, 2.24) is 0 Å². The van der Waals surface area contributed by atoms with Crippen molar-refractivity contribution in [3.8, 4) is 11.5 Å². The fraction of sp³-hybridized carbons (Fsp3) is 0.235. The summed E-state index contributed by atoms with van der Waals surface area (Å²) in [6.45, 7) is 1.05. The van der Waals surface area contributed by atoms with E-state index in [4.69, 9.17) is 9.47 Å². The quantitative estimate of drug-likeness (QED) is 0.744. The summed E-state index contributed by atoms with van der Waals surface area (Å²) < 4.78 is 35.5. The Kier molecular flexibility index (Phi) is 6.04. The Morgan fingerprint density at radius 2 is 1.72 bits per heavy atom. The van der Waals surface area contributed by atoms with Gasteiger partial charge in [-0.15, -0.1) is 11.8 Å². The van der Waals surface area contributed by atoms with Crippen molar-refractivity contribution in [1.29, 1.82) is 0 Å². The lowest BCUT2D eigenvalue weighted by molar-refractivity contribution is -0.113. The molecule has 3 rings (SSSR count). The minimum Gasteiger partial charge on any atom is -0.486 e. The normalized spacial score (nSPS) is 12.9. The largest absolute Gasteiger partial charge is 0.486 e. The number of carbonyl (C=O) groups is 1. The van der Waals surface area contributed by atoms with E-state index < -0.39 is 5.76 Å². The number of anilines is 1. The zero-order chi connectivity index (χ0) is 17.6. The topological polar surface area (TPSA) is 47.6 Å². The molecule has 8 heteroatoms. The molecular weight excluding hydrogens is 368 g/mol. The molecule has 1 aliphatic heterocycles. The Labute approximate surface area is 152 Å². The first kappa shape index (κ1) is 17.9. The predicted molar refractivity (Wildman–Crippen MR) is 95.1 cm³/mol. The fourth-order valence-corrected chi connectivity index (χ4v) is 3.40. The lowest BCUT2D eigenvalue weighted by Gasteiger charge is -2.18. The molecule has 4 nitrogen and oxygen atoms in total. The van der Waals surface area contributed by atoms with Crippen LogP contribution in [-0.2, 0) is 4.79 Å². The molecule has 0 saturated heterocycles. The van der Waals surface area contributed by atoms with Crippen molar-refractivity contribution in [3.05, 3.63) is 42.5 Å². The molecular formula is C17H15F2NO3S2. The summed E-state index contributed by atoms with van der Waals surface area (Å²) in [5, 5.41) is 2.74. The third-order valence-electron chi connectivity index (χ3n) is 3.25. The number of nitrogens with one attached hydrogen (secondary N) is 1. The minimum absolute atomic E-state index is 0.172. The maximum Gasteiger partial charge on any atom is 0.288 e. The number of benzene rings is 2. The maximum absolute atomic E-state index is 12.3. The van der Waals surface area contributed by atoms with Gasteiger partial charge in [0.25, 0.3) is 5.76 Å². The standard InChI is InChI=1S/C17H15F2NO3S2/c18-17(19)25-12-3-1-11(2-4-12)20-16(21)10-24-13-5-6-14-15(9-13)23-8-7-22-14/h1-6,9,17H,7-8,10H2,(H,20,21). The van der Waals surface area contributed by atoms with Crippen molar-refractivity contribution in [3.63, 3.8) is 0 Å². The van der Waals surface area contributed by atoms with E-state index in [-0.39, 0.29) is 11.7 Å². The van der Waals surface area contributed by atoms with Gasteiger partial charge in [-0.2, -0.15) is 8.78 Å². The summed E-state index contributed by atoms with van der Waals surface area (Å²) in [5.41, 5.74) is 0.575. The van der Waals surface area contributed by atoms with Gasteiger partial charge in [0.05, 0.1) is 5.75 Å². The van der Waals surface area contributed by atoms with Gasteiger partial charge in [-0.1, -0.05) is 11.8 Å². The van der Waals surface area contributed by atoms with Crippen molar-refractivity contribution >= 4 is 35.1 Å². The number of hydrogen-bond acceptors (Lipinski definition) is 5. The molecule has 0 aliphatic carbocycles.